The van der Waals surface area contributed by atoms with Crippen LogP contribution in [0.1, 0.15) is 6.92 Å². The zero-order valence-electron chi connectivity index (χ0n) is 19.7. The quantitative estimate of drug-likeness (QED) is 0.259. The summed E-state index contributed by atoms with van der Waals surface area (Å²) in [4.78, 5) is 32.2. The lowest BCUT2D eigenvalue weighted by molar-refractivity contribution is -0.114. The summed E-state index contributed by atoms with van der Waals surface area (Å²) in [5, 5.41) is 3.46. The van der Waals surface area contributed by atoms with E-state index in [2.05, 4.69) is 10.0 Å². The molecule has 1 heterocycles. The zero-order chi connectivity index (χ0) is 25.4. The zero-order valence-corrected chi connectivity index (χ0v) is 20.5. The summed E-state index contributed by atoms with van der Waals surface area (Å²) in [6.45, 7) is 1.38. The lowest BCUT2D eigenvalue weighted by atomic mass is 10.0. The fourth-order valence-corrected chi connectivity index (χ4v) is 4.59. The summed E-state index contributed by atoms with van der Waals surface area (Å²) in [6.07, 6.45) is 0. The number of hydrogen-bond donors (Lipinski definition) is 2. The molecule has 2 aliphatic rings. The van der Waals surface area contributed by atoms with E-state index in [0.29, 0.717) is 33.6 Å². The van der Waals surface area contributed by atoms with Crippen molar-refractivity contribution in [3.8, 4) is 17.2 Å². The molecule has 1 unspecified atom stereocenters. The van der Waals surface area contributed by atoms with Crippen LogP contribution >= 0.6 is 0 Å². The number of benzene rings is 4. The SMILES string of the molecule is CC(=O)Nc1cccc2c(=O)c(NS(=O)Oc3ccccc3)c3oc4cc(N(C)C)ccc4nc-3c12. The van der Waals surface area contributed by atoms with Crippen LogP contribution in [0.5, 0.6) is 5.75 Å². The van der Waals surface area contributed by atoms with Gasteiger partial charge in [-0.25, -0.2) is 4.98 Å². The van der Waals surface area contributed by atoms with Crippen molar-refractivity contribution in [3.63, 3.8) is 0 Å². The van der Waals surface area contributed by atoms with Crippen LogP contribution in [0.2, 0.25) is 0 Å². The van der Waals surface area contributed by atoms with Gasteiger partial charge in [-0.05, 0) is 30.3 Å². The molecule has 1 amide bonds. The van der Waals surface area contributed by atoms with Crippen molar-refractivity contribution in [1.29, 1.82) is 0 Å². The van der Waals surface area contributed by atoms with Crippen molar-refractivity contribution < 1.29 is 17.6 Å². The van der Waals surface area contributed by atoms with Crippen LogP contribution in [0.15, 0.2) is 75.9 Å². The van der Waals surface area contributed by atoms with Gasteiger partial charge in [-0.1, -0.05) is 30.3 Å². The van der Waals surface area contributed by atoms with Crippen LogP contribution in [0.4, 0.5) is 17.1 Å². The predicted octanol–water partition coefficient (Wildman–Crippen LogP) is 4.54. The van der Waals surface area contributed by atoms with Gasteiger partial charge >= 0.3 is 11.3 Å². The second-order valence-electron chi connectivity index (χ2n) is 8.28. The minimum Gasteiger partial charge on any atom is -0.450 e. The number of hydrogen-bond acceptors (Lipinski definition) is 7. The van der Waals surface area contributed by atoms with Gasteiger partial charge in [0.25, 0.3) is 0 Å². The molecule has 10 heteroatoms. The Morgan fingerprint density at radius 1 is 1.06 bits per heavy atom. The third-order valence-corrected chi connectivity index (χ3v) is 6.24. The number of nitrogens with zero attached hydrogens (tertiary/aromatic N) is 2. The van der Waals surface area contributed by atoms with Gasteiger partial charge in [0.2, 0.25) is 11.3 Å². The Kier molecular flexibility index (Phi) is 6.03. The number of nitrogens with one attached hydrogen (secondary N) is 2. The van der Waals surface area contributed by atoms with Crippen LogP contribution < -0.4 is 24.6 Å². The summed E-state index contributed by atoms with van der Waals surface area (Å²) in [5.41, 5.74) is 2.08. The minimum atomic E-state index is -2.11. The molecule has 0 spiro atoms. The van der Waals surface area contributed by atoms with E-state index in [-0.39, 0.29) is 22.7 Å². The van der Waals surface area contributed by atoms with Gasteiger partial charge in [0, 0.05) is 43.5 Å². The van der Waals surface area contributed by atoms with Crippen molar-refractivity contribution >= 4 is 56.1 Å². The molecule has 0 saturated heterocycles. The molecule has 3 aromatic rings. The molecule has 0 fully saturated rings. The number of fused-ring (bicyclic) bond motifs is 4. The van der Waals surface area contributed by atoms with Crippen molar-refractivity contribution in [2.45, 2.75) is 6.92 Å². The Morgan fingerprint density at radius 3 is 2.56 bits per heavy atom. The molecule has 1 aliphatic heterocycles. The molecule has 182 valence electrons. The molecule has 0 bridgehead atoms. The Hall–Kier alpha value is -4.44. The summed E-state index contributed by atoms with van der Waals surface area (Å²) in [5.74, 6) is 0.166. The van der Waals surface area contributed by atoms with Gasteiger partial charge < -0.3 is 18.8 Å². The maximum absolute atomic E-state index is 13.6. The van der Waals surface area contributed by atoms with E-state index >= 15 is 0 Å². The molecule has 0 radical (unpaired) electrons. The Morgan fingerprint density at radius 2 is 1.83 bits per heavy atom. The first-order chi connectivity index (χ1) is 17.3. The lowest BCUT2D eigenvalue weighted by Gasteiger charge is -2.18. The average Bonchev–Trinajstić information content (AvgIpc) is 2.85. The molecular formula is C26H22N4O5S. The smallest absolute Gasteiger partial charge is 0.316 e. The van der Waals surface area contributed by atoms with E-state index in [1.807, 2.05) is 31.1 Å². The molecular weight excluding hydrogens is 480 g/mol. The third kappa shape index (κ3) is 4.34. The van der Waals surface area contributed by atoms with Gasteiger partial charge in [0.05, 0.1) is 5.69 Å². The first-order valence-electron chi connectivity index (χ1n) is 11.0. The fraction of sp³-hybridized carbons (Fsp3) is 0.115. The van der Waals surface area contributed by atoms with Crippen LogP contribution in [-0.4, -0.2) is 29.2 Å². The van der Waals surface area contributed by atoms with Crippen LogP contribution in [-0.2, 0) is 16.1 Å². The Labute approximate surface area is 208 Å². The number of carbonyl (C=O) groups is 1. The Bertz CT molecular complexity index is 1670. The second-order valence-corrected chi connectivity index (χ2v) is 9.12. The van der Waals surface area contributed by atoms with Gasteiger partial charge in [0.1, 0.15) is 22.6 Å². The molecule has 1 aliphatic carbocycles. The highest BCUT2D eigenvalue weighted by Crippen LogP contribution is 2.39. The van der Waals surface area contributed by atoms with Crippen molar-refractivity contribution in [2.75, 3.05) is 29.0 Å². The second kappa shape index (κ2) is 9.31. The van der Waals surface area contributed by atoms with Crippen LogP contribution in [0, 0.1) is 0 Å². The van der Waals surface area contributed by atoms with Gasteiger partial charge in [-0.2, -0.15) is 4.21 Å². The molecule has 2 N–H and O–H groups in total. The monoisotopic (exact) mass is 502 g/mol. The lowest BCUT2D eigenvalue weighted by Crippen LogP contribution is -2.20. The minimum absolute atomic E-state index is 0.0589. The largest absolute Gasteiger partial charge is 0.450 e. The molecule has 9 nitrogen and oxygen atoms in total. The fourth-order valence-electron chi connectivity index (χ4n) is 3.91. The molecule has 0 aromatic heterocycles. The third-order valence-electron chi connectivity index (χ3n) is 5.53. The molecule has 36 heavy (non-hydrogen) atoms. The van der Waals surface area contributed by atoms with E-state index in [1.165, 1.54) is 6.92 Å². The topological polar surface area (TPSA) is 114 Å². The summed E-state index contributed by atoms with van der Waals surface area (Å²) in [6, 6.07) is 19.1. The predicted molar refractivity (Wildman–Crippen MR) is 142 cm³/mol. The summed E-state index contributed by atoms with van der Waals surface area (Å²) in [7, 11) is 3.80. The normalized spacial score (nSPS) is 12.0. The van der Waals surface area contributed by atoms with Crippen molar-refractivity contribution in [2.24, 2.45) is 0 Å². The highest BCUT2D eigenvalue weighted by Gasteiger charge is 2.26. The number of rotatable bonds is 6. The molecule has 1 atom stereocenters. The van der Waals surface area contributed by atoms with Gasteiger partial charge in [0.15, 0.2) is 11.3 Å². The summed E-state index contributed by atoms with van der Waals surface area (Å²) < 4.78 is 27.2. The van der Waals surface area contributed by atoms with Crippen LogP contribution in [0.3, 0.4) is 0 Å². The Balaban J connectivity index is 1.77. The van der Waals surface area contributed by atoms with Crippen LogP contribution in [0.25, 0.3) is 33.3 Å². The standard InChI is InChI=1S/C26H22N4O5S/c1-15(31)27-20-11-7-10-18-22(20)23-26(34-21-14-16(30(2)3)12-13-19(21)28-23)24(25(18)32)29-36(33)35-17-8-5-4-6-9-17/h4-14,29H,1-3H3,(H,27,31). The number of anilines is 3. The van der Waals surface area contributed by atoms with Crippen molar-refractivity contribution in [3.05, 3.63) is 77.0 Å². The van der Waals surface area contributed by atoms with Gasteiger partial charge in [-0.15, -0.1) is 0 Å². The highest BCUT2D eigenvalue weighted by molar-refractivity contribution is 7.82. The van der Waals surface area contributed by atoms with Crippen molar-refractivity contribution in [1.82, 2.24) is 4.98 Å². The first kappa shape index (κ1) is 23.3. The maximum atomic E-state index is 13.6. The molecule has 3 aromatic carbocycles. The average molecular weight is 503 g/mol. The number of para-hydroxylation sites is 1. The number of aromatic nitrogens is 1. The van der Waals surface area contributed by atoms with E-state index in [4.69, 9.17) is 13.6 Å². The number of amides is 1. The highest BCUT2D eigenvalue weighted by atomic mass is 32.2. The van der Waals surface area contributed by atoms with Gasteiger partial charge in [-0.3, -0.25) is 14.3 Å². The maximum Gasteiger partial charge on any atom is 0.316 e. The number of carbonyl (C=O) groups excluding carboxylic acids is 1. The molecule has 5 rings (SSSR count). The van der Waals surface area contributed by atoms with E-state index < -0.39 is 16.7 Å². The van der Waals surface area contributed by atoms with E-state index in [1.54, 1.807) is 54.6 Å². The van der Waals surface area contributed by atoms with E-state index in [0.717, 1.165) is 5.69 Å². The molecule has 0 saturated carbocycles. The first-order valence-corrected chi connectivity index (χ1v) is 12.1. The summed E-state index contributed by atoms with van der Waals surface area (Å²) >= 11 is -2.11. The van der Waals surface area contributed by atoms with E-state index in [9.17, 15) is 13.8 Å².